The third-order valence-corrected chi connectivity index (χ3v) is 1.74. The van der Waals surface area contributed by atoms with Gasteiger partial charge >= 0.3 is 12.1 Å². The molecule has 7 heteroatoms. The van der Waals surface area contributed by atoms with E-state index < -0.39 is 23.7 Å². The number of ether oxygens (including phenoxy) is 1. The van der Waals surface area contributed by atoms with Gasteiger partial charge in [0.05, 0.1) is 13.7 Å². The van der Waals surface area contributed by atoms with Gasteiger partial charge in [-0.15, -0.1) is 0 Å². The Hall–Kier alpha value is -1.34. The molecule has 0 bridgehead atoms. The fourth-order valence-corrected chi connectivity index (χ4v) is 0.967. The van der Waals surface area contributed by atoms with Crippen LogP contribution in [0.3, 0.4) is 0 Å². The number of carboxylic acid groups (broad SMARTS) is 1. The molecule has 0 aromatic heterocycles. The van der Waals surface area contributed by atoms with Crippen molar-refractivity contribution < 1.29 is 24.3 Å². The molecule has 1 unspecified atom stereocenters. The first kappa shape index (κ1) is 15.7. The third kappa shape index (κ3) is 7.53. The number of carboxylic acids is 1. The molecule has 0 aromatic carbocycles. The number of nitrogens with one attached hydrogen (secondary N) is 1. The number of hydrogen-bond donors (Lipinski definition) is 2. The SMILES string of the molecule is CON(C)CC(NC(=O)OC(C)(C)C)C(=O)O. The predicted molar refractivity (Wildman–Crippen MR) is 60.4 cm³/mol. The Labute approximate surface area is 101 Å². The van der Waals surface area contributed by atoms with Gasteiger partial charge in [0.2, 0.25) is 0 Å². The number of hydrogen-bond acceptors (Lipinski definition) is 5. The van der Waals surface area contributed by atoms with Crippen LogP contribution in [0.2, 0.25) is 0 Å². The van der Waals surface area contributed by atoms with Crippen molar-refractivity contribution in [3.8, 4) is 0 Å². The number of aliphatic carboxylic acids is 1. The first-order valence-electron chi connectivity index (χ1n) is 5.13. The first-order chi connectivity index (χ1) is 7.65. The summed E-state index contributed by atoms with van der Waals surface area (Å²) in [6.45, 7) is 5.11. The van der Waals surface area contributed by atoms with Crippen molar-refractivity contribution in [2.45, 2.75) is 32.4 Å². The van der Waals surface area contributed by atoms with Crippen LogP contribution < -0.4 is 5.32 Å². The molecule has 17 heavy (non-hydrogen) atoms. The fourth-order valence-electron chi connectivity index (χ4n) is 0.967. The molecule has 0 aromatic rings. The Kier molecular flexibility index (Phi) is 5.90. The van der Waals surface area contributed by atoms with Crippen molar-refractivity contribution in [3.05, 3.63) is 0 Å². The Morgan fingerprint density at radius 2 is 1.94 bits per heavy atom. The number of hydroxylamine groups is 2. The van der Waals surface area contributed by atoms with E-state index in [1.165, 1.54) is 12.2 Å². The molecule has 1 amide bonds. The molecule has 2 N–H and O–H groups in total. The summed E-state index contributed by atoms with van der Waals surface area (Å²) in [6.07, 6.45) is -0.769. The van der Waals surface area contributed by atoms with Gasteiger partial charge in [-0.2, -0.15) is 5.06 Å². The minimum atomic E-state index is -1.15. The number of carbonyl (C=O) groups is 2. The summed E-state index contributed by atoms with van der Waals surface area (Å²) in [5, 5.41) is 12.5. The van der Waals surface area contributed by atoms with Crippen LogP contribution >= 0.6 is 0 Å². The van der Waals surface area contributed by atoms with Gasteiger partial charge in [0, 0.05) is 7.05 Å². The number of likely N-dealkylation sites (N-methyl/N-ethyl adjacent to an activating group) is 1. The van der Waals surface area contributed by atoms with E-state index in [4.69, 9.17) is 14.7 Å². The molecule has 0 saturated heterocycles. The second-order valence-electron chi connectivity index (χ2n) is 4.53. The van der Waals surface area contributed by atoms with E-state index in [2.05, 4.69) is 5.32 Å². The van der Waals surface area contributed by atoms with Crippen molar-refractivity contribution in [1.82, 2.24) is 10.4 Å². The summed E-state index contributed by atoms with van der Waals surface area (Å²) in [5.41, 5.74) is -0.666. The minimum Gasteiger partial charge on any atom is -0.480 e. The molecule has 0 aliphatic carbocycles. The number of alkyl carbamates (subject to hydrolysis) is 1. The topological polar surface area (TPSA) is 88.1 Å². The lowest BCUT2D eigenvalue weighted by Crippen LogP contribution is -2.48. The van der Waals surface area contributed by atoms with E-state index in [0.717, 1.165) is 0 Å². The van der Waals surface area contributed by atoms with E-state index >= 15 is 0 Å². The summed E-state index contributed by atoms with van der Waals surface area (Å²) in [5.74, 6) is -1.15. The molecular formula is C10H20N2O5. The lowest BCUT2D eigenvalue weighted by Gasteiger charge is -2.23. The molecule has 0 spiro atoms. The van der Waals surface area contributed by atoms with Crippen molar-refractivity contribution in [2.24, 2.45) is 0 Å². The number of amides is 1. The van der Waals surface area contributed by atoms with Crippen molar-refractivity contribution >= 4 is 12.1 Å². The maximum absolute atomic E-state index is 11.4. The molecular weight excluding hydrogens is 228 g/mol. The minimum absolute atomic E-state index is 0.0189. The summed E-state index contributed by atoms with van der Waals surface area (Å²) in [6, 6.07) is -1.09. The Morgan fingerprint density at radius 1 is 1.41 bits per heavy atom. The van der Waals surface area contributed by atoms with Crippen molar-refractivity contribution in [3.63, 3.8) is 0 Å². The molecule has 0 saturated carbocycles. The highest BCUT2D eigenvalue weighted by Crippen LogP contribution is 2.06. The summed E-state index contributed by atoms with van der Waals surface area (Å²) in [7, 11) is 2.97. The molecule has 7 nitrogen and oxygen atoms in total. The fraction of sp³-hybridized carbons (Fsp3) is 0.800. The van der Waals surface area contributed by atoms with Crippen LogP contribution in [-0.4, -0.2) is 54.6 Å². The lowest BCUT2D eigenvalue weighted by molar-refractivity contribution is -0.148. The Balaban J connectivity index is 4.35. The zero-order valence-corrected chi connectivity index (χ0v) is 10.8. The van der Waals surface area contributed by atoms with Crippen molar-refractivity contribution in [2.75, 3.05) is 20.7 Å². The normalized spacial score (nSPS) is 13.3. The maximum Gasteiger partial charge on any atom is 0.408 e. The molecule has 0 aliphatic rings. The van der Waals surface area contributed by atoms with Crippen LogP contribution in [0, 0.1) is 0 Å². The molecule has 0 aliphatic heterocycles. The van der Waals surface area contributed by atoms with Gasteiger partial charge in [0.15, 0.2) is 0 Å². The van der Waals surface area contributed by atoms with E-state index in [1.807, 2.05) is 0 Å². The summed E-state index contributed by atoms with van der Waals surface area (Å²) in [4.78, 5) is 27.1. The lowest BCUT2D eigenvalue weighted by atomic mass is 10.2. The van der Waals surface area contributed by atoms with E-state index in [1.54, 1.807) is 27.8 Å². The smallest absolute Gasteiger partial charge is 0.408 e. The van der Waals surface area contributed by atoms with Crippen LogP contribution in [-0.2, 0) is 14.4 Å². The van der Waals surface area contributed by atoms with Crippen LogP contribution in [0.1, 0.15) is 20.8 Å². The van der Waals surface area contributed by atoms with Gasteiger partial charge in [-0.3, -0.25) is 0 Å². The Morgan fingerprint density at radius 3 is 2.29 bits per heavy atom. The van der Waals surface area contributed by atoms with Crippen LogP contribution in [0.15, 0.2) is 0 Å². The van der Waals surface area contributed by atoms with Crippen LogP contribution in [0.4, 0.5) is 4.79 Å². The van der Waals surface area contributed by atoms with Gasteiger partial charge in [-0.1, -0.05) is 0 Å². The average Bonchev–Trinajstić information content (AvgIpc) is 2.13. The molecule has 0 heterocycles. The second kappa shape index (κ2) is 6.41. The van der Waals surface area contributed by atoms with E-state index in [9.17, 15) is 9.59 Å². The monoisotopic (exact) mass is 248 g/mol. The molecule has 0 radical (unpaired) electrons. The van der Waals surface area contributed by atoms with Gasteiger partial charge in [-0.25, -0.2) is 9.59 Å². The second-order valence-corrected chi connectivity index (χ2v) is 4.53. The number of nitrogens with zero attached hydrogens (tertiary/aromatic N) is 1. The predicted octanol–water partition coefficient (Wildman–Crippen LogP) is 0.457. The zero-order valence-electron chi connectivity index (χ0n) is 10.8. The highest BCUT2D eigenvalue weighted by molar-refractivity contribution is 5.80. The van der Waals surface area contributed by atoms with Gasteiger partial charge in [0.25, 0.3) is 0 Å². The highest BCUT2D eigenvalue weighted by atomic mass is 16.7. The zero-order chi connectivity index (χ0) is 13.6. The third-order valence-electron chi connectivity index (χ3n) is 1.74. The maximum atomic E-state index is 11.4. The van der Waals surface area contributed by atoms with E-state index in [-0.39, 0.29) is 6.54 Å². The largest absolute Gasteiger partial charge is 0.480 e. The summed E-state index contributed by atoms with van der Waals surface area (Å²) < 4.78 is 4.96. The number of carbonyl (C=O) groups excluding carboxylic acids is 1. The molecule has 0 fully saturated rings. The quantitative estimate of drug-likeness (QED) is 0.687. The Bertz CT molecular complexity index is 274. The highest BCUT2D eigenvalue weighted by Gasteiger charge is 2.25. The first-order valence-corrected chi connectivity index (χ1v) is 5.13. The standard InChI is InChI=1S/C10H20N2O5/c1-10(2,3)17-9(15)11-7(8(13)14)6-12(4)16-5/h7H,6H2,1-5H3,(H,11,15)(H,13,14). The van der Waals surface area contributed by atoms with Gasteiger partial charge in [-0.05, 0) is 20.8 Å². The average molecular weight is 248 g/mol. The van der Waals surface area contributed by atoms with Crippen LogP contribution in [0.5, 0.6) is 0 Å². The number of rotatable bonds is 5. The van der Waals surface area contributed by atoms with E-state index in [0.29, 0.717) is 0 Å². The van der Waals surface area contributed by atoms with Crippen molar-refractivity contribution in [1.29, 1.82) is 0 Å². The molecule has 1 atom stereocenters. The van der Waals surface area contributed by atoms with Gasteiger partial charge < -0.3 is 20.0 Å². The van der Waals surface area contributed by atoms with Crippen LogP contribution in [0.25, 0.3) is 0 Å². The summed E-state index contributed by atoms with van der Waals surface area (Å²) >= 11 is 0. The molecule has 0 rings (SSSR count). The molecule has 100 valence electrons. The van der Waals surface area contributed by atoms with Gasteiger partial charge in [0.1, 0.15) is 11.6 Å².